The maximum absolute atomic E-state index is 12.3. The van der Waals surface area contributed by atoms with Gasteiger partial charge in [0.05, 0.1) is 19.4 Å². The zero-order valence-corrected chi connectivity index (χ0v) is 15.7. The molecule has 140 valence electrons. The molecule has 25 heavy (non-hydrogen) atoms. The number of amides is 1. The molecule has 7 nitrogen and oxygen atoms in total. The van der Waals surface area contributed by atoms with E-state index in [1.54, 1.807) is 7.11 Å². The van der Waals surface area contributed by atoms with Gasteiger partial charge in [-0.3, -0.25) is 4.79 Å². The van der Waals surface area contributed by atoms with E-state index in [1.165, 1.54) is 10.6 Å². The molecule has 0 radical (unpaired) electrons. The third kappa shape index (κ3) is 5.89. The minimum atomic E-state index is -3.17. The molecule has 1 aliphatic rings. The molecule has 1 fully saturated rings. The summed E-state index contributed by atoms with van der Waals surface area (Å²) >= 11 is 0. The molecule has 1 saturated heterocycles. The van der Waals surface area contributed by atoms with Crippen LogP contribution in [0, 0.1) is 5.92 Å². The number of rotatable bonds is 7. The Labute approximate surface area is 149 Å². The van der Waals surface area contributed by atoms with Gasteiger partial charge in [-0.15, -0.1) is 0 Å². The molecule has 8 heteroatoms. The quantitative estimate of drug-likeness (QED) is 0.781. The Morgan fingerprint density at radius 1 is 1.24 bits per heavy atom. The first-order valence-corrected chi connectivity index (χ1v) is 10.2. The van der Waals surface area contributed by atoms with Gasteiger partial charge in [-0.05, 0) is 44.0 Å². The van der Waals surface area contributed by atoms with Gasteiger partial charge in [-0.2, -0.15) is 0 Å². The average Bonchev–Trinajstić information content (AvgIpc) is 2.59. The molecule has 1 N–H and O–H groups in total. The largest absolute Gasteiger partial charge is 0.497 e. The first kappa shape index (κ1) is 19.5. The van der Waals surface area contributed by atoms with Crippen molar-refractivity contribution >= 4 is 15.9 Å². The minimum absolute atomic E-state index is 0.0426. The van der Waals surface area contributed by atoms with Crippen molar-refractivity contribution in [3.8, 4) is 11.5 Å². The standard InChI is InChI=1S/C17H26N2O5S/c1-13(12-24-16-6-4-15(23-2)5-7-16)18-17(20)14-8-10-19(11-9-14)25(3,21)22/h4-7,13-14H,8-12H2,1-3H3,(H,18,20). The molecule has 1 unspecified atom stereocenters. The van der Waals surface area contributed by atoms with Crippen molar-refractivity contribution in [1.82, 2.24) is 9.62 Å². The van der Waals surface area contributed by atoms with E-state index in [0.29, 0.717) is 38.3 Å². The van der Waals surface area contributed by atoms with Crippen LogP contribution in [0.2, 0.25) is 0 Å². The molecule has 2 rings (SSSR count). The van der Waals surface area contributed by atoms with Crippen LogP contribution in [0.1, 0.15) is 19.8 Å². The summed E-state index contributed by atoms with van der Waals surface area (Å²) in [6.45, 7) is 3.04. The number of carbonyl (C=O) groups is 1. The van der Waals surface area contributed by atoms with Crippen molar-refractivity contribution in [2.24, 2.45) is 5.92 Å². The van der Waals surface area contributed by atoms with E-state index in [0.717, 1.165) is 5.75 Å². The van der Waals surface area contributed by atoms with Crippen molar-refractivity contribution in [1.29, 1.82) is 0 Å². The molecule has 1 aromatic rings. The monoisotopic (exact) mass is 370 g/mol. The number of piperidine rings is 1. The van der Waals surface area contributed by atoms with Crippen LogP contribution in [0.4, 0.5) is 0 Å². The molecule has 1 amide bonds. The highest BCUT2D eigenvalue weighted by molar-refractivity contribution is 7.88. The van der Waals surface area contributed by atoms with E-state index < -0.39 is 10.0 Å². The van der Waals surface area contributed by atoms with Crippen molar-refractivity contribution in [3.05, 3.63) is 24.3 Å². The second-order valence-corrected chi connectivity index (χ2v) is 8.31. The van der Waals surface area contributed by atoms with Crippen LogP contribution in [0.15, 0.2) is 24.3 Å². The van der Waals surface area contributed by atoms with Gasteiger partial charge in [0.15, 0.2) is 0 Å². The second kappa shape index (κ2) is 8.53. The highest BCUT2D eigenvalue weighted by Gasteiger charge is 2.29. The lowest BCUT2D eigenvalue weighted by molar-refractivity contribution is -0.126. The molecule has 0 aromatic heterocycles. The zero-order valence-electron chi connectivity index (χ0n) is 14.9. The summed E-state index contributed by atoms with van der Waals surface area (Å²) in [7, 11) is -1.56. The van der Waals surface area contributed by atoms with Crippen LogP contribution in [0.25, 0.3) is 0 Å². The summed E-state index contributed by atoms with van der Waals surface area (Å²) in [5, 5.41) is 2.94. The number of hydrogen-bond donors (Lipinski definition) is 1. The lowest BCUT2D eigenvalue weighted by atomic mass is 9.97. The highest BCUT2D eigenvalue weighted by atomic mass is 32.2. The Hall–Kier alpha value is -1.80. The predicted octanol–water partition coefficient (Wildman–Crippen LogP) is 1.25. The van der Waals surface area contributed by atoms with E-state index >= 15 is 0 Å². The molecular weight excluding hydrogens is 344 g/mol. The number of methoxy groups -OCH3 is 1. The zero-order chi connectivity index (χ0) is 18.4. The molecule has 1 aromatic carbocycles. The van der Waals surface area contributed by atoms with Crippen LogP contribution in [0.5, 0.6) is 11.5 Å². The highest BCUT2D eigenvalue weighted by Crippen LogP contribution is 2.20. The summed E-state index contributed by atoms with van der Waals surface area (Å²) in [5.74, 6) is 1.28. The summed E-state index contributed by atoms with van der Waals surface area (Å²) in [6.07, 6.45) is 2.29. The third-order valence-electron chi connectivity index (χ3n) is 4.24. The lowest BCUT2D eigenvalue weighted by Gasteiger charge is -2.30. The normalized spacial score (nSPS) is 17.7. The Morgan fingerprint density at radius 3 is 2.32 bits per heavy atom. The topological polar surface area (TPSA) is 84.9 Å². The Kier molecular flexibility index (Phi) is 6.66. The molecule has 0 saturated carbocycles. The second-order valence-electron chi connectivity index (χ2n) is 6.33. The van der Waals surface area contributed by atoms with Gasteiger partial charge in [0.1, 0.15) is 18.1 Å². The van der Waals surface area contributed by atoms with Crippen molar-refractivity contribution < 1.29 is 22.7 Å². The van der Waals surface area contributed by atoms with E-state index in [4.69, 9.17) is 9.47 Å². The molecule has 1 aliphatic heterocycles. The van der Waals surface area contributed by atoms with Crippen LogP contribution < -0.4 is 14.8 Å². The van der Waals surface area contributed by atoms with Crippen LogP contribution in [-0.4, -0.2) is 57.7 Å². The fourth-order valence-corrected chi connectivity index (χ4v) is 3.62. The van der Waals surface area contributed by atoms with Crippen molar-refractivity contribution in [3.63, 3.8) is 0 Å². The lowest BCUT2D eigenvalue weighted by Crippen LogP contribution is -2.45. The molecule has 0 spiro atoms. The Balaban J connectivity index is 1.74. The SMILES string of the molecule is COc1ccc(OCC(C)NC(=O)C2CCN(S(C)(=O)=O)CC2)cc1. The van der Waals surface area contributed by atoms with Gasteiger partial charge in [0.2, 0.25) is 15.9 Å². The number of nitrogens with zero attached hydrogens (tertiary/aromatic N) is 1. The first-order valence-electron chi connectivity index (χ1n) is 8.32. The number of hydrogen-bond acceptors (Lipinski definition) is 5. The maximum Gasteiger partial charge on any atom is 0.223 e. The van der Waals surface area contributed by atoms with E-state index in [9.17, 15) is 13.2 Å². The average molecular weight is 370 g/mol. The fraction of sp³-hybridized carbons (Fsp3) is 0.588. The number of carbonyl (C=O) groups excluding carboxylic acids is 1. The smallest absolute Gasteiger partial charge is 0.223 e. The van der Waals surface area contributed by atoms with Gasteiger partial charge in [0.25, 0.3) is 0 Å². The fourth-order valence-electron chi connectivity index (χ4n) is 2.75. The summed E-state index contributed by atoms with van der Waals surface area (Å²) in [6, 6.07) is 7.12. The molecular formula is C17H26N2O5S. The number of ether oxygens (including phenoxy) is 2. The Morgan fingerprint density at radius 2 is 1.80 bits per heavy atom. The van der Waals surface area contributed by atoms with Gasteiger partial charge in [-0.1, -0.05) is 0 Å². The van der Waals surface area contributed by atoms with E-state index in [-0.39, 0.29) is 17.9 Å². The van der Waals surface area contributed by atoms with Gasteiger partial charge in [0, 0.05) is 19.0 Å². The summed E-state index contributed by atoms with van der Waals surface area (Å²) < 4.78 is 35.2. The van der Waals surface area contributed by atoms with Gasteiger partial charge in [-0.25, -0.2) is 12.7 Å². The van der Waals surface area contributed by atoms with Crippen LogP contribution >= 0.6 is 0 Å². The van der Waals surface area contributed by atoms with E-state index in [2.05, 4.69) is 5.32 Å². The number of benzene rings is 1. The third-order valence-corrected chi connectivity index (χ3v) is 5.55. The number of sulfonamides is 1. The minimum Gasteiger partial charge on any atom is -0.497 e. The summed E-state index contributed by atoms with van der Waals surface area (Å²) in [4.78, 5) is 12.3. The molecule has 1 heterocycles. The van der Waals surface area contributed by atoms with E-state index in [1.807, 2.05) is 31.2 Å². The van der Waals surface area contributed by atoms with Gasteiger partial charge >= 0.3 is 0 Å². The number of nitrogens with one attached hydrogen (secondary N) is 1. The van der Waals surface area contributed by atoms with Crippen LogP contribution in [0.3, 0.4) is 0 Å². The predicted molar refractivity (Wildman–Crippen MR) is 95.2 cm³/mol. The van der Waals surface area contributed by atoms with Crippen LogP contribution in [-0.2, 0) is 14.8 Å². The van der Waals surface area contributed by atoms with Crippen molar-refractivity contribution in [2.45, 2.75) is 25.8 Å². The summed E-state index contributed by atoms with van der Waals surface area (Å²) in [5.41, 5.74) is 0. The maximum atomic E-state index is 12.3. The van der Waals surface area contributed by atoms with Gasteiger partial charge < -0.3 is 14.8 Å². The van der Waals surface area contributed by atoms with Crippen molar-refractivity contribution in [2.75, 3.05) is 33.1 Å². The molecule has 0 aliphatic carbocycles. The first-order chi connectivity index (χ1) is 11.8. The molecule has 1 atom stereocenters. The Bertz CT molecular complexity index is 667. The molecule has 0 bridgehead atoms.